The lowest BCUT2D eigenvalue weighted by Gasteiger charge is -2.30. The van der Waals surface area contributed by atoms with Gasteiger partial charge in [0.25, 0.3) is 0 Å². The average Bonchev–Trinajstić information content (AvgIpc) is 2.60. The van der Waals surface area contributed by atoms with Gasteiger partial charge in [0, 0.05) is 26.0 Å². The van der Waals surface area contributed by atoms with E-state index < -0.39 is 0 Å². The Labute approximate surface area is 88.9 Å². The normalized spacial score (nSPS) is 22.1. The molecule has 1 aliphatic rings. The molecule has 1 fully saturated rings. The largest absolute Gasteiger partial charge is 0.337 e. The maximum absolute atomic E-state index is 11.7. The van der Waals surface area contributed by atoms with Gasteiger partial charge in [-0.1, -0.05) is 0 Å². The average molecular weight is 208 g/mol. The molecule has 0 radical (unpaired) electrons. The predicted octanol–water partition coefficient (Wildman–Crippen LogP) is -0.130. The Bertz CT molecular complexity index is 360. The summed E-state index contributed by atoms with van der Waals surface area (Å²) >= 11 is 0. The highest BCUT2D eigenvalue weighted by atomic mass is 16.2. The molecule has 1 saturated heterocycles. The summed E-state index contributed by atoms with van der Waals surface area (Å²) in [5, 5.41) is 0. The van der Waals surface area contributed by atoms with Gasteiger partial charge in [-0.25, -0.2) is 4.98 Å². The second-order valence-corrected chi connectivity index (χ2v) is 3.96. The number of likely N-dealkylation sites (tertiary alicyclic amines) is 1. The number of hydrogen-bond donors (Lipinski definition) is 1. The number of nitrogens with zero attached hydrogens (tertiary/aromatic N) is 3. The number of piperidine rings is 1. The van der Waals surface area contributed by atoms with E-state index in [1.807, 2.05) is 17.8 Å². The van der Waals surface area contributed by atoms with Crippen LogP contribution in [0.2, 0.25) is 0 Å². The molecule has 0 spiro atoms. The standard InChI is InChI=1S/C10H16N4O/c1-13-6-4-12-9(13)7-14-5-2-3-8(11)10(14)15/h4,6,8H,2-3,5,7,11H2,1H3/t8-/m1/s1. The van der Waals surface area contributed by atoms with Gasteiger partial charge in [0.05, 0.1) is 12.6 Å². The first-order valence-corrected chi connectivity index (χ1v) is 5.19. The zero-order chi connectivity index (χ0) is 10.8. The first kappa shape index (κ1) is 10.2. The zero-order valence-electron chi connectivity index (χ0n) is 8.89. The van der Waals surface area contributed by atoms with Gasteiger partial charge < -0.3 is 15.2 Å². The molecule has 0 aromatic carbocycles. The molecular formula is C10H16N4O. The Balaban J connectivity index is 2.05. The van der Waals surface area contributed by atoms with E-state index in [4.69, 9.17) is 5.73 Å². The Morgan fingerprint density at radius 2 is 2.47 bits per heavy atom. The monoisotopic (exact) mass is 208 g/mol. The van der Waals surface area contributed by atoms with Crippen LogP contribution >= 0.6 is 0 Å². The Kier molecular flexibility index (Phi) is 2.73. The zero-order valence-corrected chi connectivity index (χ0v) is 8.89. The van der Waals surface area contributed by atoms with E-state index >= 15 is 0 Å². The van der Waals surface area contributed by atoms with Crippen molar-refractivity contribution in [1.29, 1.82) is 0 Å². The van der Waals surface area contributed by atoms with E-state index in [1.54, 1.807) is 11.1 Å². The molecule has 15 heavy (non-hydrogen) atoms. The molecule has 0 saturated carbocycles. The van der Waals surface area contributed by atoms with Crippen LogP contribution < -0.4 is 5.73 Å². The topological polar surface area (TPSA) is 64.2 Å². The van der Waals surface area contributed by atoms with Crippen LogP contribution in [0.4, 0.5) is 0 Å². The Morgan fingerprint density at radius 1 is 1.67 bits per heavy atom. The van der Waals surface area contributed by atoms with E-state index in [-0.39, 0.29) is 11.9 Å². The number of nitrogens with two attached hydrogens (primary N) is 1. The molecule has 2 heterocycles. The summed E-state index contributed by atoms with van der Waals surface area (Å²) in [6.07, 6.45) is 5.40. The molecule has 2 N–H and O–H groups in total. The maximum Gasteiger partial charge on any atom is 0.239 e. The molecule has 1 aliphatic heterocycles. The molecule has 82 valence electrons. The van der Waals surface area contributed by atoms with Crippen molar-refractivity contribution in [3.05, 3.63) is 18.2 Å². The minimum atomic E-state index is -0.320. The van der Waals surface area contributed by atoms with Crippen molar-refractivity contribution in [3.63, 3.8) is 0 Å². The molecule has 0 aliphatic carbocycles. The van der Waals surface area contributed by atoms with E-state index in [2.05, 4.69) is 4.98 Å². The molecule has 1 amide bonds. The third kappa shape index (κ3) is 2.02. The molecule has 1 atom stereocenters. The summed E-state index contributed by atoms with van der Waals surface area (Å²) < 4.78 is 1.92. The summed E-state index contributed by atoms with van der Waals surface area (Å²) in [5.41, 5.74) is 5.72. The van der Waals surface area contributed by atoms with Gasteiger partial charge in [0.2, 0.25) is 5.91 Å². The first-order chi connectivity index (χ1) is 7.18. The highest BCUT2D eigenvalue weighted by Crippen LogP contribution is 2.12. The minimum absolute atomic E-state index is 0.0456. The van der Waals surface area contributed by atoms with Gasteiger partial charge >= 0.3 is 0 Å². The van der Waals surface area contributed by atoms with Crippen molar-refractivity contribution < 1.29 is 4.79 Å². The van der Waals surface area contributed by atoms with Crippen LogP contribution in [0.3, 0.4) is 0 Å². The molecule has 0 bridgehead atoms. The molecule has 1 aromatic rings. The third-order valence-corrected chi connectivity index (χ3v) is 2.83. The van der Waals surface area contributed by atoms with Crippen LogP contribution in [0, 0.1) is 0 Å². The second-order valence-electron chi connectivity index (χ2n) is 3.96. The molecule has 1 aromatic heterocycles. The summed E-state index contributed by atoms with van der Waals surface area (Å²) in [4.78, 5) is 17.7. The van der Waals surface area contributed by atoms with E-state index in [0.717, 1.165) is 25.2 Å². The van der Waals surface area contributed by atoms with Crippen LogP contribution in [0.1, 0.15) is 18.7 Å². The van der Waals surface area contributed by atoms with Crippen molar-refractivity contribution in [2.75, 3.05) is 6.54 Å². The van der Waals surface area contributed by atoms with Crippen molar-refractivity contribution in [2.24, 2.45) is 12.8 Å². The van der Waals surface area contributed by atoms with Gasteiger partial charge in [-0.2, -0.15) is 0 Å². The number of amides is 1. The van der Waals surface area contributed by atoms with Crippen LogP contribution in [0.5, 0.6) is 0 Å². The summed E-state index contributed by atoms with van der Waals surface area (Å²) in [5.74, 6) is 0.946. The van der Waals surface area contributed by atoms with Gasteiger partial charge in [-0.05, 0) is 12.8 Å². The molecule has 5 nitrogen and oxygen atoms in total. The lowest BCUT2D eigenvalue weighted by molar-refractivity contribution is -0.135. The molecule has 0 unspecified atom stereocenters. The first-order valence-electron chi connectivity index (χ1n) is 5.19. The summed E-state index contributed by atoms with van der Waals surface area (Å²) in [7, 11) is 1.93. The van der Waals surface area contributed by atoms with Crippen molar-refractivity contribution in [3.8, 4) is 0 Å². The molecule has 5 heteroatoms. The fourth-order valence-electron chi connectivity index (χ4n) is 1.85. The fraction of sp³-hybridized carbons (Fsp3) is 0.600. The van der Waals surface area contributed by atoms with Crippen LogP contribution in [-0.4, -0.2) is 32.9 Å². The number of imidazole rings is 1. The van der Waals surface area contributed by atoms with Crippen LogP contribution in [0.15, 0.2) is 12.4 Å². The van der Waals surface area contributed by atoms with Gasteiger partial charge in [-0.15, -0.1) is 0 Å². The highest BCUT2D eigenvalue weighted by molar-refractivity contribution is 5.82. The smallest absolute Gasteiger partial charge is 0.239 e. The lowest BCUT2D eigenvalue weighted by Crippen LogP contribution is -2.48. The van der Waals surface area contributed by atoms with Crippen molar-refractivity contribution in [1.82, 2.24) is 14.5 Å². The summed E-state index contributed by atoms with van der Waals surface area (Å²) in [6, 6.07) is -0.320. The summed E-state index contributed by atoms with van der Waals surface area (Å²) in [6.45, 7) is 1.36. The lowest BCUT2D eigenvalue weighted by atomic mass is 10.1. The van der Waals surface area contributed by atoms with Crippen LogP contribution in [0.25, 0.3) is 0 Å². The van der Waals surface area contributed by atoms with Gasteiger partial charge in [0.1, 0.15) is 5.82 Å². The second kappa shape index (κ2) is 4.02. The van der Waals surface area contributed by atoms with E-state index in [0.29, 0.717) is 6.54 Å². The minimum Gasteiger partial charge on any atom is -0.337 e. The third-order valence-electron chi connectivity index (χ3n) is 2.83. The Hall–Kier alpha value is -1.36. The quantitative estimate of drug-likeness (QED) is 0.736. The number of hydrogen-bond acceptors (Lipinski definition) is 3. The maximum atomic E-state index is 11.7. The number of aromatic nitrogens is 2. The van der Waals surface area contributed by atoms with Gasteiger partial charge in [0.15, 0.2) is 0 Å². The number of rotatable bonds is 2. The fourth-order valence-corrected chi connectivity index (χ4v) is 1.85. The Morgan fingerprint density at radius 3 is 3.13 bits per heavy atom. The van der Waals surface area contributed by atoms with E-state index in [9.17, 15) is 4.79 Å². The van der Waals surface area contributed by atoms with Crippen molar-refractivity contribution in [2.45, 2.75) is 25.4 Å². The number of aryl methyl sites for hydroxylation is 1. The number of carbonyl (C=O) groups excluding carboxylic acids is 1. The van der Waals surface area contributed by atoms with Crippen LogP contribution in [-0.2, 0) is 18.4 Å². The highest BCUT2D eigenvalue weighted by Gasteiger charge is 2.26. The predicted molar refractivity (Wildman–Crippen MR) is 55.8 cm³/mol. The molecular weight excluding hydrogens is 192 g/mol. The SMILES string of the molecule is Cn1ccnc1CN1CCC[C@@H](N)C1=O. The number of carbonyl (C=O) groups is 1. The van der Waals surface area contributed by atoms with E-state index in [1.165, 1.54) is 0 Å². The van der Waals surface area contributed by atoms with Gasteiger partial charge in [-0.3, -0.25) is 4.79 Å². The molecule has 2 rings (SSSR count). The van der Waals surface area contributed by atoms with Crippen molar-refractivity contribution >= 4 is 5.91 Å².